The number of halogens is 1. The average Bonchev–Trinajstić information content (AvgIpc) is 3.47. The minimum Gasteiger partial charge on any atom is -0.376 e. The van der Waals surface area contributed by atoms with E-state index in [0.717, 1.165) is 32.9 Å². The Hall–Kier alpha value is -1.91. The van der Waals surface area contributed by atoms with Crippen LogP contribution in [0.25, 0.3) is 16.5 Å². The molecule has 1 atom stereocenters. The molecule has 2 aromatic carbocycles. The first-order chi connectivity index (χ1) is 15.1. The molecule has 1 unspecified atom stereocenters. The van der Waals surface area contributed by atoms with Gasteiger partial charge in [-0.15, -0.1) is 0 Å². The minimum atomic E-state index is 0.00968. The van der Waals surface area contributed by atoms with Gasteiger partial charge in [-0.25, -0.2) is 0 Å². The van der Waals surface area contributed by atoms with Crippen LogP contribution in [0.5, 0.6) is 0 Å². The van der Waals surface area contributed by atoms with Gasteiger partial charge in [0.05, 0.1) is 12.3 Å². The number of rotatable bonds is 7. The molecule has 0 saturated heterocycles. The molecule has 1 aliphatic carbocycles. The monoisotopic (exact) mass is 495 g/mol. The topological polar surface area (TPSA) is 31.2 Å². The second-order valence-corrected chi connectivity index (χ2v) is 11.8. The summed E-state index contributed by atoms with van der Waals surface area (Å²) in [6.45, 7) is 12.5. The molecule has 4 rings (SSSR count). The molecule has 1 aliphatic rings. The van der Waals surface area contributed by atoms with E-state index in [2.05, 4.69) is 68.7 Å². The summed E-state index contributed by atoms with van der Waals surface area (Å²) in [5.74, 6) is 0.479. The first-order valence-electron chi connectivity index (χ1n) is 11.6. The number of nitrogens with zero attached hydrogens (tertiary/aromatic N) is 1. The summed E-state index contributed by atoms with van der Waals surface area (Å²) < 4.78 is 8.83. The van der Waals surface area contributed by atoms with Crippen LogP contribution in [-0.2, 0) is 16.8 Å². The predicted octanol–water partition coefficient (Wildman–Crippen LogP) is 7.39. The summed E-state index contributed by atoms with van der Waals surface area (Å²) in [6, 6.07) is 14.3. The first-order valence-corrected chi connectivity index (χ1v) is 12.4. The Morgan fingerprint density at radius 3 is 2.59 bits per heavy atom. The van der Waals surface area contributed by atoms with Crippen LogP contribution < -0.4 is 5.56 Å². The Balaban J connectivity index is 1.61. The minimum absolute atomic E-state index is 0.00968. The SMILES string of the molecule is CC(COCc1c(Br)cccc1-n1ccc2cc(C3(C)CC3)ccc2c1=O)CC(C)(C)C. The highest BCUT2D eigenvalue weighted by Gasteiger charge is 2.38. The Morgan fingerprint density at radius 1 is 1.16 bits per heavy atom. The molecule has 0 radical (unpaired) electrons. The van der Waals surface area contributed by atoms with Crippen molar-refractivity contribution in [1.82, 2.24) is 4.57 Å². The molecule has 170 valence electrons. The third kappa shape index (κ3) is 5.02. The molecule has 1 aromatic heterocycles. The van der Waals surface area contributed by atoms with E-state index in [0.29, 0.717) is 24.5 Å². The molecule has 3 nitrogen and oxygen atoms in total. The van der Waals surface area contributed by atoms with Gasteiger partial charge in [0.1, 0.15) is 0 Å². The van der Waals surface area contributed by atoms with Crippen molar-refractivity contribution in [3.8, 4) is 5.69 Å². The zero-order valence-electron chi connectivity index (χ0n) is 19.9. The van der Waals surface area contributed by atoms with E-state index in [1.54, 1.807) is 4.57 Å². The summed E-state index contributed by atoms with van der Waals surface area (Å²) in [5.41, 5.74) is 3.80. The molecular weight excluding hydrogens is 462 g/mol. The van der Waals surface area contributed by atoms with Crippen LogP contribution in [0.4, 0.5) is 0 Å². The standard InChI is InChI=1S/C28H34BrNO2/c1-19(16-27(2,3)4)17-32-18-23-24(29)7-6-8-25(23)30-14-11-20-15-21(28(5)12-13-28)9-10-22(20)26(30)31/h6-11,14-15,19H,12-13,16-18H2,1-5H3. The van der Waals surface area contributed by atoms with Crippen LogP contribution in [0.2, 0.25) is 0 Å². The van der Waals surface area contributed by atoms with Gasteiger partial charge in [0.25, 0.3) is 5.56 Å². The van der Waals surface area contributed by atoms with Crippen molar-refractivity contribution >= 4 is 26.7 Å². The van der Waals surface area contributed by atoms with E-state index in [1.807, 2.05) is 30.5 Å². The highest BCUT2D eigenvalue weighted by Crippen LogP contribution is 2.47. The smallest absolute Gasteiger partial charge is 0.262 e. The molecule has 0 aliphatic heterocycles. The number of hydrogen-bond acceptors (Lipinski definition) is 2. The van der Waals surface area contributed by atoms with Crippen molar-refractivity contribution in [2.45, 2.75) is 65.9 Å². The molecule has 0 spiro atoms. The summed E-state index contributed by atoms with van der Waals surface area (Å²) in [7, 11) is 0. The maximum atomic E-state index is 13.4. The first kappa shape index (κ1) is 23.3. The van der Waals surface area contributed by atoms with Crippen LogP contribution in [0.15, 0.2) is 57.9 Å². The second kappa shape index (κ2) is 8.79. The Kier molecular flexibility index (Phi) is 6.39. The van der Waals surface area contributed by atoms with Crippen molar-refractivity contribution < 1.29 is 4.74 Å². The van der Waals surface area contributed by atoms with Crippen molar-refractivity contribution in [2.24, 2.45) is 11.3 Å². The molecule has 1 heterocycles. The van der Waals surface area contributed by atoms with Crippen LogP contribution in [0, 0.1) is 11.3 Å². The van der Waals surface area contributed by atoms with E-state index in [9.17, 15) is 4.79 Å². The van der Waals surface area contributed by atoms with Gasteiger partial charge < -0.3 is 4.74 Å². The number of aromatic nitrogens is 1. The molecule has 3 aromatic rings. The maximum absolute atomic E-state index is 13.4. The molecule has 0 N–H and O–H groups in total. The second-order valence-electron chi connectivity index (χ2n) is 11.0. The molecule has 1 saturated carbocycles. The summed E-state index contributed by atoms with van der Waals surface area (Å²) in [5, 5.41) is 1.77. The Morgan fingerprint density at radius 2 is 1.91 bits per heavy atom. The largest absolute Gasteiger partial charge is 0.376 e. The van der Waals surface area contributed by atoms with Crippen LogP contribution >= 0.6 is 15.9 Å². The highest BCUT2D eigenvalue weighted by atomic mass is 79.9. The van der Waals surface area contributed by atoms with Gasteiger partial charge in [0.2, 0.25) is 0 Å². The van der Waals surface area contributed by atoms with Gasteiger partial charge in [-0.1, -0.05) is 68.7 Å². The van der Waals surface area contributed by atoms with Gasteiger partial charge in [-0.05, 0) is 71.2 Å². The summed E-state index contributed by atoms with van der Waals surface area (Å²) >= 11 is 3.68. The van der Waals surface area contributed by atoms with Crippen molar-refractivity contribution in [3.05, 3.63) is 74.6 Å². The zero-order chi connectivity index (χ0) is 23.1. The lowest BCUT2D eigenvalue weighted by Gasteiger charge is -2.23. The molecule has 1 fully saturated rings. The molecule has 0 amide bonds. The lowest BCUT2D eigenvalue weighted by atomic mass is 9.86. The van der Waals surface area contributed by atoms with Crippen molar-refractivity contribution in [2.75, 3.05) is 6.61 Å². The lowest BCUT2D eigenvalue weighted by Crippen LogP contribution is -2.20. The maximum Gasteiger partial charge on any atom is 0.262 e. The van der Waals surface area contributed by atoms with Gasteiger partial charge in [-0.2, -0.15) is 0 Å². The van der Waals surface area contributed by atoms with Crippen molar-refractivity contribution in [1.29, 1.82) is 0 Å². The fourth-order valence-corrected chi connectivity index (χ4v) is 5.14. The zero-order valence-corrected chi connectivity index (χ0v) is 21.5. The number of pyridine rings is 1. The predicted molar refractivity (Wildman–Crippen MR) is 137 cm³/mol. The average molecular weight is 496 g/mol. The molecule has 4 heteroatoms. The third-order valence-electron chi connectivity index (χ3n) is 6.56. The number of benzene rings is 2. The van der Waals surface area contributed by atoms with Crippen LogP contribution in [0.1, 0.15) is 65.0 Å². The highest BCUT2D eigenvalue weighted by molar-refractivity contribution is 9.10. The molecule has 0 bridgehead atoms. The lowest BCUT2D eigenvalue weighted by molar-refractivity contribution is 0.0777. The van der Waals surface area contributed by atoms with Gasteiger partial charge in [0, 0.05) is 28.2 Å². The quantitative estimate of drug-likeness (QED) is 0.341. The number of fused-ring (bicyclic) bond motifs is 1. The fraction of sp³-hybridized carbons (Fsp3) is 0.464. The van der Waals surface area contributed by atoms with E-state index < -0.39 is 0 Å². The van der Waals surface area contributed by atoms with E-state index in [-0.39, 0.29) is 11.0 Å². The van der Waals surface area contributed by atoms with Crippen LogP contribution in [-0.4, -0.2) is 11.2 Å². The molecular formula is C28H34BrNO2. The third-order valence-corrected chi connectivity index (χ3v) is 7.31. The van der Waals surface area contributed by atoms with E-state index >= 15 is 0 Å². The van der Waals surface area contributed by atoms with E-state index in [1.165, 1.54) is 18.4 Å². The van der Waals surface area contributed by atoms with Crippen LogP contribution in [0.3, 0.4) is 0 Å². The Labute approximate surface area is 199 Å². The van der Waals surface area contributed by atoms with Crippen molar-refractivity contribution in [3.63, 3.8) is 0 Å². The normalized spacial score (nSPS) is 16.3. The van der Waals surface area contributed by atoms with E-state index in [4.69, 9.17) is 4.74 Å². The Bertz CT molecular complexity index is 1180. The fourth-order valence-electron chi connectivity index (χ4n) is 4.67. The van der Waals surface area contributed by atoms with Gasteiger partial charge in [0.15, 0.2) is 0 Å². The number of hydrogen-bond donors (Lipinski definition) is 0. The van der Waals surface area contributed by atoms with Gasteiger partial charge >= 0.3 is 0 Å². The summed E-state index contributed by atoms with van der Waals surface area (Å²) in [4.78, 5) is 13.4. The molecule has 32 heavy (non-hydrogen) atoms. The summed E-state index contributed by atoms with van der Waals surface area (Å²) in [6.07, 6.45) is 5.47. The number of ether oxygens (including phenoxy) is 1. The van der Waals surface area contributed by atoms with Gasteiger partial charge in [-0.3, -0.25) is 9.36 Å².